The van der Waals surface area contributed by atoms with Crippen molar-refractivity contribution in [2.75, 3.05) is 10.6 Å². The van der Waals surface area contributed by atoms with Gasteiger partial charge in [-0.05, 0) is 69.4 Å². The lowest BCUT2D eigenvalue weighted by Crippen LogP contribution is -2.28. The second-order valence-corrected chi connectivity index (χ2v) is 7.95. The zero-order valence-electron chi connectivity index (χ0n) is 16.3. The lowest BCUT2D eigenvalue weighted by molar-refractivity contribution is -0.117. The van der Waals surface area contributed by atoms with Crippen LogP contribution in [0.25, 0.3) is 0 Å². The fraction of sp³-hybridized carbons (Fsp3) is 0.364. The molecule has 1 unspecified atom stereocenters. The van der Waals surface area contributed by atoms with Gasteiger partial charge in [-0.1, -0.05) is 24.3 Å². The normalized spacial score (nSPS) is 16.1. The summed E-state index contributed by atoms with van der Waals surface area (Å²) in [6.45, 7) is 5.25. The van der Waals surface area contributed by atoms with Crippen LogP contribution in [0.4, 0.5) is 20.6 Å². The first-order valence-corrected chi connectivity index (χ1v) is 9.41. The summed E-state index contributed by atoms with van der Waals surface area (Å²) in [7, 11) is 0. The van der Waals surface area contributed by atoms with Gasteiger partial charge in [-0.25, -0.2) is 9.18 Å². The summed E-state index contributed by atoms with van der Waals surface area (Å²) in [4.78, 5) is 25.0. The largest absolute Gasteiger partial charge is 0.444 e. The molecule has 1 atom stereocenters. The zero-order chi connectivity index (χ0) is 20.3. The molecule has 1 aliphatic carbocycles. The van der Waals surface area contributed by atoms with Crippen molar-refractivity contribution in [1.82, 2.24) is 0 Å². The number of carbonyl (C=O) groups is 2. The van der Waals surface area contributed by atoms with E-state index in [1.54, 1.807) is 20.8 Å². The Kier molecular flexibility index (Phi) is 5.68. The van der Waals surface area contributed by atoms with E-state index in [0.29, 0.717) is 0 Å². The van der Waals surface area contributed by atoms with Gasteiger partial charge in [0.15, 0.2) is 0 Å². The molecule has 0 bridgehead atoms. The van der Waals surface area contributed by atoms with E-state index in [4.69, 9.17) is 4.74 Å². The molecule has 3 rings (SSSR count). The molecule has 0 aromatic heterocycles. The Bertz CT molecular complexity index is 890. The number of nitrogens with one attached hydrogen (secondary N) is 2. The van der Waals surface area contributed by atoms with Crippen LogP contribution in [-0.2, 0) is 16.0 Å². The van der Waals surface area contributed by atoms with Crippen molar-refractivity contribution in [3.63, 3.8) is 0 Å². The molecule has 148 valence electrons. The SMILES string of the molecule is CC(C)(C)OC(=O)Nc1ccc(F)cc1NC(=O)C1CCCc2ccccc21. The third-order valence-electron chi connectivity index (χ3n) is 4.56. The zero-order valence-corrected chi connectivity index (χ0v) is 16.3. The molecule has 1 aliphatic rings. The van der Waals surface area contributed by atoms with Crippen LogP contribution in [0, 0.1) is 5.82 Å². The summed E-state index contributed by atoms with van der Waals surface area (Å²) in [5.74, 6) is -1.03. The number of aryl methyl sites for hydroxylation is 1. The molecule has 2 amide bonds. The number of halogens is 1. The number of hydrogen-bond acceptors (Lipinski definition) is 3. The van der Waals surface area contributed by atoms with Gasteiger partial charge >= 0.3 is 6.09 Å². The molecule has 6 heteroatoms. The number of benzene rings is 2. The first-order chi connectivity index (χ1) is 13.2. The standard InChI is InChI=1S/C22H25FN2O3/c1-22(2,3)28-21(27)25-18-12-11-15(23)13-19(18)24-20(26)17-10-6-8-14-7-4-5-9-16(14)17/h4-5,7,9,11-13,17H,6,8,10H2,1-3H3,(H,24,26)(H,25,27). The fourth-order valence-corrected chi connectivity index (χ4v) is 3.39. The van der Waals surface area contributed by atoms with Gasteiger partial charge in [-0.2, -0.15) is 0 Å². The number of carbonyl (C=O) groups excluding carboxylic acids is 2. The van der Waals surface area contributed by atoms with Crippen LogP contribution in [0.5, 0.6) is 0 Å². The Morgan fingerprint density at radius 3 is 2.57 bits per heavy atom. The van der Waals surface area contributed by atoms with E-state index in [1.807, 2.05) is 24.3 Å². The van der Waals surface area contributed by atoms with Gasteiger partial charge in [-0.15, -0.1) is 0 Å². The Morgan fingerprint density at radius 2 is 1.82 bits per heavy atom. The van der Waals surface area contributed by atoms with Crippen molar-refractivity contribution in [2.45, 2.75) is 51.6 Å². The highest BCUT2D eigenvalue weighted by Gasteiger charge is 2.27. The van der Waals surface area contributed by atoms with Crippen LogP contribution >= 0.6 is 0 Å². The number of rotatable bonds is 3. The van der Waals surface area contributed by atoms with Crippen LogP contribution in [0.15, 0.2) is 42.5 Å². The molecule has 0 fully saturated rings. The van der Waals surface area contributed by atoms with E-state index < -0.39 is 17.5 Å². The number of hydrogen-bond donors (Lipinski definition) is 2. The summed E-state index contributed by atoms with van der Waals surface area (Å²) in [5, 5.41) is 5.36. The quantitative estimate of drug-likeness (QED) is 0.761. The van der Waals surface area contributed by atoms with Crippen molar-refractivity contribution in [1.29, 1.82) is 0 Å². The summed E-state index contributed by atoms with van der Waals surface area (Å²) in [5.41, 5.74) is 2.00. The lowest BCUT2D eigenvalue weighted by Gasteiger charge is -2.25. The monoisotopic (exact) mass is 384 g/mol. The fourth-order valence-electron chi connectivity index (χ4n) is 3.39. The lowest BCUT2D eigenvalue weighted by atomic mass is 9.82. The summed E-state index contributed by atoms with van der Waals surface area (Å²) in [6.07, 6.45) is 1.93. The average Bonchev–Trinajstić information content (AvgIpc) is 2.62. The van der Waals surface area contributed by atoms with Crippen molar-refractivity contribution in [2.24, 2.45) is 0 Å². The number of ether oxygens (including phenoxy) is 1. The van der Waals surface area contributed by atoms with Crippen LogP contribution in [-0.4, -0.2) is 17.6 Å². The first-order valence-electron chi connectivity index (χ1n) is 9.41. The van der Waals surface area contributed by atoms with E-state index in [0.717, 1.165) is 24.8 Å². The molecular weight excluding hydrogens is 359 g/mol. The number of fused-ring (bicyclic) bond motifs is 1. The minimum Gasteiger partial charge on any atom is -0.444 e. The van der Waals surface area contributed by atoms with Crippen LogP contribution in [0.2, 0.25) is 0 Å². The van der Waals surface area contributed by atoms with Gasteiger partial charge in [0.05, 0.1) is 17.3 Å². The maximum Gasteiger partial charge on any atom is 0.412 e. The average molecular weight is 384 g/mol. The molecule has 0 heterocycles. The Labute approximate surface area is 164 Å². The number of anilines is 2. The minimum absolute atomic E-state index is 0.207. The molecule has 0 saturated heterocycles. The van der Waals surface area contributed by atoms with Crippen molar-refractivity contribution in [3.05, 3.63) is 59.4 Å². The van der Waals surface area contributed by atoms with Crippen LogP contribution in [0.3, 0.4) is 0 Å². The maximum atomic E-state index is 13.8. The molecule has 0 aliphatic heterocycles. The van der Waals surface area contributed by atoms with Crippen LogP contribution in [0.1, 0.15) is 50.7 Å². The van der Waals surface area contributed by atoms with Crippen LogP contribution < -0.4 is 10.6 Å². The topological polar surface area (TPSA) is 67.4 Å². The summed E-state index contributed by atoms with van der Waals surface area (Å²) < 4.78 is 19.0. The minimum atomic E-state index is -0.669. The molecule has 5 nitrogen and oxygen atoms in total. The Morgan fingerprint density at radius 1 is 1.07 bits per heavy atom. The molecule has 28 heavy (non-hydrogen) atoms. The van der Waals surface area contributed by atoms with E-state index in [1.165, 1.54) is 23.8 Å². The van der Waals surface area contributed by atoms with Gasteiger partial charge in [0, 0.05) is 0 Å². The second-order valence-electron chi connectivity index (χ2n) is 7.95. The third kappa shape index (κ3) is 4.88. The maximum absolute atomic E-state index is 13.8. The van der Waals surface area contributed by atoms with Gasteiger partial charge in [-0.3, -0.25) is 10.1 Å². The number of amides is 2. The van der Waals surface area contributed by atoms with Crippen molar-refractivity contribution >= 4 is 23.4 Å². The van der Waals surface area contributed by atoms with E-state index in [-0.39, 0.29) is 23.2 Å². The highest BCUT2D eigenvalue weighted by Crippen LogP contribution is 2.33. The van der Waals surface area contributed by atoms with E-state index in [2.05, 4.69) is 10.6 Å². The summed E-state index contributed by atoms with van der Waals surface area (Å²) >= 11 is 0. The molecule has 2 aromatic carbocycles. The van der Waals surface area contributed by atoms with E-state index in [9.17, 15) is 14.0 Å². The van der Waals surface area contributed by atoms with Gasteiger partial charge < -0.3 is 10.1 Å². The van der Waals surface area contributed by atoms with Gasteiger partial charge in [0.25, 0.3) is 0 Å². The molecular formula is C22H25FN2O3. The summed E-state index contributed by atoms with van der Waals surface area (Å²) in [6, 6.07) is 11.7. The molecule has 2 aromatic rings. The highest BCUT2D eigenvalue weighted by atomic mass is 19.1. The van der Waals surface area contributed by atoms with E-state index >= 15 is 0 Å². The highest BCUT2D eigenvalue weighted by molar-refractivity contribution is 6.01. The smallest absolute Gasteiger partial charge is 0.412 e. The first kappa shape index (κ1) is 19.9. The predicted octanol–water partition coefficient (Wildman–Crippen LogP) is 5.23. The molecule has 2 N–H and O–H groups in total. The van der Waals surface area contributed by atoms with Gasteiger partial charge in [0.2, 0.25) is 5.91 Å². The Hall–Kier alpha value is -2.89. The Balaban J connectivity index is 1.80. The third-order valence-corrected chi connectivity index (χ3v) is 4.56. The van der Waals surface area contributed by atoms with Crippen molar-refractivity contribution < 1.29 is 18.7 Å². The second kappa shape index (κ2) is 8.00. The van der Waals surface area contributed by atoms with Crippen molar-refractivity contribution in [3.8, 4) is 0 Å². The molecule has 0 radical (unpaired) electrons. The molecule has 0 spiro atoms. The molecule has 0 saturated carbocycles. The van der Waals surface area contributed by atoms with Gasteiger partial charge in [0.1, 0.15) is 11.4 Å². The predicted molar refractivity (Wildman–Crippen MR) is 107 cm³/mol.